The summed E-state index contributed by atoms with van der Waals surface area (Å²) in [5.74, 6) is 0.418. The third kappa shape index (κ3) is 4.19. The highest BCUT2D eigenvalue weighted by Crippen LogP contribution is 2.22. The summed E-state index contributed by atoms with van der Waals surface area (Å²) < 4.78 is 5.57. The van der Waals surface area contributed by atoms with Crippen LogP contribution in [-0.2, 0) is 4.74 Å². The molecule has 0 amide bonds. The lowest BCUT2D eigenvalue weighted by Crippen LogP contribution is -2.38. The molecule has 0 heterocycles. The van der Waals surface area contributed by atoms with Crippen molar-refractivity contribution in [2.24, 2.45) is 0 Å². The maximum atomic E-state index is 5.94. The summed E-state index contributed by atoms with van der Waals surface area (Å²) in [4.78, 5) is 0. The van der Waals surface area contributed by atoms with Gasteiger partial charge in [0.15, 0.2) is 0 Å². The fraction of sp³-hybridized carbons (Fsp3) is 1.00. The smallest absolute Gasteiger partial charge is 0.0804 e. The van der Waals surface area contributed by atoms with Crippen LogP contribution >= 0.6 is 23.2 Å². The maximum absolute atomic E-state index is 5.94. The van der Waals surface area contributed by atoms with Crippen molar-refractivity contribution in [2.75, 3.05) is 5.88 Å². The third-order valence-corrected chi connectivity index (χ3v) is 2.58. The number of alkyl halides is 2. The Morgan fingerprint density at radius 3 is 2.09 bits per heavy atom. The summed E-state index contributed by atoms with van der Waals surface area (Å²) in [6.45, 7) is 7.87. The van der Waals surface area contributed by atoms with Crippen molar-refractivity contribution in [1.29, 1.82) is 0 Å². The largest absolute Gasteiger partial charge is 0.371 e. The molecule has 0 aliphatic rings. The predicted molar refractivity (Wildman–Crippen MR) is 50.7 cm³/mol. The Labute approximate surface area is 79.0 Å². The van der Waals surface area contributed by atoms with Crippen LogP contribution in [-0.4, -0.2) is 23.0 Å². The van der Waals surface area contributed by atoms with Crippen molar-refractivity contribution in [1.82, 2.24) is 0 Å². The van der Waals surface area contributed by atoms with Gasteiger partial charge in [-0.2, -0.15) is 0 Å². The zero-order chi connectivity index (χ0) is 9.07. The molecule has 0 bridgehead atoms. The fourth-order valence-electron chi connectivity index (χ4n) is 0.867. The van der Waals surface area contributed by atoms with Gasteiger partial charge in [0.2, 0.25) is 0 Å². The molecule has 0 spiro atoms. The van der Waals surface area contributed by atoms with E-state index in [1.54, 1.807) is 0 Å². The van der Waals surface area contributed by atoms with Crippen molar-refractivity contribution in [2.45, 2.75) is 44.8 Å². The van der Waals surface area contributed by atoms with E-state index in [0.717, 1.165) is 0 Å². The molecule has 1 unspecified atom stereocenters. The van der Waals surface area contributed by atoms with Crippen molar-refractivity contribution in [3.63, 3.8) is 0 Å². The van der Waals surface area contributed by atoms with E-state index in [0.29, 0.717) is 5.88 Å². The van der Waals surface area contributed by atoms with Gasteiger partial charge in [-0.1, -0.05) is 0 Å². The van der Waals surface area contributed by atoms with E-state index in [9.17, 15) is 0 Å². The molecule has 1 atom stereocenters. The van der Waals surface area contributed by atoms with Crippen molar-refractivity contribution >= 4 is 23.2 Å². The summed E-state index contributed by atoms with van der Waals surface area (Å²) in [6, 6.07) is 0. The minimum Gasteiger partial charge on any atom is -0.371 e. The zero-order valence-corrected chi connectivity index (χ0v) is 9.04. The second kappa shape index (κ2) is 4.54. The SMILES string of the molecule is CC(C)OC(C)(C)C(Cl)CCl. The molecule has 0 aliphatic heterocycles. The highest BCUT2D eigenvalue weighted by atomic mass is 35.5. The average molecular weight is 199 g/mol. The van der Waals surface area contributed by atoms with E-state index >= 15 is 0 Å². The van der Waals surface area contributed by atoms with E-state index in [4.69, 9.17) is 27.9 Å². The van der Waals surface area contributed by atoms with Crippen LogP contribution in [0.5, 0.6) is 0 Å². The van der Waals surface area contributed by atoms with Gasteiger partial charge in [0.25, 0.3) is 0 Å². The highest BCUT2D eigenvalue weighted by Gasteiger charge is 2.28. The number of hydrogen-bond acceptors (Lipinski definition) is 1. The molecule has 0 saturated heterocycles. The topological polar surface area (TPSA) is 9.23 Å². The molecule has 68 valence electrons. The van der Waals surface area contributed by atoms with Gasteiger partial charge in [-0.3, -0.25) is 0 Å². The van der Waals surface area contributed by atoms with E-state index in [1.807, 2.05) is 27.7 Å². The Hall–Kier alpha value is 0.540. The molecule has 3 heteroatoms. The average Bonchev–Trinajstić information content (AvgIpc) is 1.83. The van der Waals surface area contributed by atoms with E-state index < -0.39 is 0 Å². The summed E-state index contributed by atoms with van der Waals surface area (Å²) >= 11 is 11.6. The van der Waals surface area contributed by atoms with Gasteiger partial charge in [0, 0.05) is 5.88 Å². The lowest BCUT2D eigenvalue weighted by molar-refractivity contribution is -0.0542. The van der Waals surface area contributed by atoms with Crippen LogP contribution in [0, 0.1) is 0 Å². The molecule has 11 heavy (non-hydrogen) atoms. The van der Waals surface area contributed by atoms with Gasteiger partial charge in [-0.15, -0.1) is 23.2 Å². The second-order valence-electron chi connectivity index (χ2n) is 3.39. The van der Waals surface area contributed by atoms with Gasteiger partial charge in [-0.25, -0.2) is 0 Å². The van der Waals surface area contributed by atoms with Gasteiger partial charge < -0.3 is 4.74 Å². The van der Waals surface area contributed by atoms with Crippen LogP contribution < -0.4 is 0 Å². The molecule has 0 saturated carbocycles. The van der Waals surface area contributed by atoms with Crippen LogP contribution in [0.3, 0.4) is 0 Å². The van der Waals surface area contributed by atoms with Gasteiger partial charge >= 0.3 is 0 Å². The zero-order valence-electron chi connectivity index (χ0n) is 7.53. The Morgan fingerprint density at radius 2 is 1.82 bits per heavy atom. The monoisotopic (exact) mass is 198 g/mol. The van der Waals surface area contributed by atoms with Gasteiger partial charge in [0.05, 0.1) is 17.1 Å². The van der Waals surface area contributed by atoms with E-state index in [2.05, 4.69) is 0 Å². The predicted octanol–water partition coefficient (Wildman–Crippen LogP) is 3.04. The molecule has 0 radical (unpaired) electrons. The first kappa shape index (κ1) is 11.5. The molecule has 0 aromatic heterocycles. The minimum absolute atomic E-state index is 0.133. The number of hydrogen-bond donors (Lipinski definition) is 0. The minimum atomic E-state index is -0.336. The summed E-state index contributed by atoms with van der Waals surface area (Å²) in [5.41, 5.74) is -0.336. The molecule has 0 N–H and O–H groups in total. The first-order valence-corrected chi connectivity index (χ1v) is 4.75. The Kier molecular flexibility index (Phi) is 4.76. The number of rotatable bonds is 4. The van der Waals surface area contributed by atoms with Crippen LogP contribution in [0.25, 0.3) is 0 Å². The van der Waals surface area contributed by atoms with Crippen LogP contribution in [0.15, 0.2) is 0 Å². The number of ether oxygens (including phenoxy) is 1. The molecule has 0 aliphatic carbocycles. The summed E-state index contributed by atoms with van der Waals surface area (Å²) in [5, 5.41) is -0.133. The molecule has 0 rings (SSSR count). The molecule has 0 aromatic carbocycles. The first-order valence-electron chi connectivity index (χ1n) is 3.78. The highest BCUT2D eigenvalue weighted by molar-refractivity contribution is 6.28. The van der Waals surface area contributed by atoms with Crippen molar-refractivity contribution in [3.05, 3.63) is 0 Å². The second-order valence-corrected chi connectivity index (χ2v) is 4.23. The van der Waals surface area contributed by atoms with Crippen molar-refractivity contribution in [3.8, 4) is 0 Å². The molecule has 1 nitrogen and oxygen atoms in total. The Balaban J connectivity index is 3.98. The maximum Gasteiger partial charge on any atom is 0.0804 e. The van der Waals surface area contributed by atoms with Gasteiger partial charge in [-0.05, 0) is 27.7 Å². The quantitative estimate of drug-likeness (QED) is 0.632. The van der Waals surface area contributed by atoms with Crippen LogP contribution in [0.1, 0.15) is 27.7 Å². The van der Waals surface area contributed by atoms with Crippen LogP contribution in [0.4, 0.5) is 0 Å². The normalized spacial score (nSPS) is 15.5. The lowest BCUT2D eigenvalue weighted by atomic mass is 10.1. The number of halogens is 2. The van der Waals surface area contributed by atoms with E-state index in [-0.39, 0.29) is 17.1 Å². The third-order valence-electron chi connectivity index (χ3n) is 1.43. The molecular formula is C8H16Cl2O. The lowest BCUT2D eigenvalue weighted by Gasteiger charge is -2.31. The summed E-state index contributed by atoms with van der Waals surface area (Å²) in [6.07, 6.45) is 0.189. The summed E-state index contributed by atoms with van der Waals surface area (Å²) in [7, 11) is 0. The Bertz CT molecular complexity index is 113. The Morgan fingerprint density at radius 1 is 1.36 bits per heavy atom. The standard InChI is InChI=1S/C8H16Cl2O/c1-6(2)11-8(3,4)7(10)5-9/h6-7H,5H2,1-4H3. The van der Waals surface area contributed by atoms with E-state index in [1.165, 1.54) is 0 Å². The van der Waals surface area contributed by atoms with Crippen LogP contribution in [0.2, 0.25) is 0 Å². The van der Waals surface area contributed by atoms with Gasteiger partial charge in [0.1, 0.15) is 0 Å². The molecular weight excluding hydrogens is 183 g/mol. The van der Waals surface area contributed by atoms with Crippen molar-refractivity contribution < 1.29 is 4.74 Å². The molecule has 0 aromatic rings. The molecule has 0 fully saturated rings. The first-order chi connectivity index (χ1) is 4.90. The fourth-order valence-corrected chi connectivity index (χ4v) is 1.29.